The summed E-state index contributed by atoms with van der Waals surface area (Å²) in [5.41, 5.74) is 1.78. The second kappa shape index (κ2) is 7.40. The van der Waals surface area contributed by atoms with Gasteiger partial charge in [0.15, 0.2) is 0 Å². The average Bonchev–Trinajstić information content (AvgIpc) is 2.98. The van der Waals surface area contributed by atoms with Gasteiger partial charge < -0.3 is 0 Å². The van der Waals surface area contributed by atoms with Gasteiger partial charge in [0.2, 0.25) is 10.0 Å². The second-order valence-corrected chi connectivity index (χ2v) is 7.98. The smallest absolute Gasteiger partial charge is 0.212 e. The van der Waals surface area contributed by atoms with Gasteiger partial charge in [-0.1, -0.05) is 37.3 Å². The zero-order chi connectivity index (χ0) is 15.3. The molecule has 0 unspecified atom stereocenters. The summed E-state index contributed by atoms with van der Waals surface area (Å²) in [7, 11) is -3.31. The summed E-state index contributed by atoms with van der Waals surface area (Å²) in [6.45, 7) is 2.78. The number of halogens is 1. The fourth-order valence-electron chi connectivity index (χ4n) is 2.01. The second-order valence-electron chi connectivity index (χ2n) is 4.71. The Labute approximate surface area is 135 Å². The van der Waals surface area contributed by atoms with Crippen molar-refractivity contribution in [2.24, 2.45) is 0 Å². The molecule has 2 aromatic rings. The van der Waals surface area contributed by atoms with Crippen LogP contribution < -0.4 is 0 Å². The van der Waals surface area contributed by atoms with Crippen molar-refractivity contribution < 1.29 is 8.42 Å². The summed E-state index contributed by atoms with van der Waals surface area (Å²) in [5, 5.41) is 1.96. The molecule has 0 N–H and O–H groups in total. The molecule has 0 saturated heterocycles. The summed E-state index contributed by atoms with van der Waals surface area (Å²) in [5.74, 6) is 0.460. The molecule has 1 heterocycles. The minimum atomic E-state index is -3.31. The molecule has 0 saturated carbocycles. The molecule has 1 aromatic carbocycles. The topological polar surface area (TPSA) is 37.4 Å². The lowest BCUT2D eigenvalue weighted by molar-refractivity contribution is 0.425. The summed E-state index contributed by atoms with van der Waals surface area (Å²) in [4.78, 5) is 1.05. The summed E-state index contributed by atoms with van der Waals surface area (Å²) < 4.78 is 26.6. The number of nitrogens with zero attached hydrogens (tertiary/aromatic N) is 1. The third-order valence-electron chi connectivity index (χ3n) is 3.18. The number of sulfonamides is 1. The van der Waals surface area contributed by atoms with Gasteiger partial charge in [-0.3, -0.25) is 0 Å². The van der Waals surface area contributed by atoms with Gasteiger partial charge in [-0.15, -0.1) is 22.9 Å². The lowest BCUT2D eigenvalue weighted by atomic mass is 10.2. The Kier molecular flexibility index (Phi) is 5.81. The number of alkyl halides is 1. The fourth-order valence-corrected chi connectivity index (χ4v) is 4.51. The van der Waals surface area contributed by atoms with Crippen LogP contribution in [0.25, 0.3) is 0 Å². The number of hydrogen-bond donors (Lipinski definition) is 0. The Morgan fingerprint density at radius 1 is 1.14 bits per heavy atom. The number of benzene rings is 1. The molecule has 3 nitrogen and oxygen atoms in total. The van der Waals surface area contributed by atoms with Crippen LogP contribution in [-0.2, 0) is 28.2 Å². The Balaban J connectivity index is 2.11. The molecule has 1 aromatic heterocycles. The van der Waals surface area contributed by atoms with E-state index in [-0.39, 0.29) is 5.75 Å². The van der Waals surface area contributed by atoms with E-state index in [4.69, 9.17) is 11.6 Å². The zero-order valence-corrected chi connectivity index (χ0v) is 14.2. The highest BCUT2D eigenvalue weighted by Crippen LogP contribution is 2.18. The van der Waals surface area contributed by atoms with Gasteiger partial charge >= 0.3 is 0 Å². The van der Waals surface area contributed by atoms with Crippen LogP contribution in [0, 0.1) is 0 Å². The minimum Gasteiger partial charge on any atom is -0.212 e. The SMILES string of the molecule is CCN(Cc1cccs1)S(=O)(=O)Cc1ccc(CCl)cc1. The van der Waals surface area contributed by atoms with Gasteiger partial charge in [-0.25, -0.2) is 8.42 Å². The van der Waals surface area contributed by atoms with Gasteiger partial charge in [-0.2, -0.15) is 4.31 Å². The maximum absolute atomic E-state index is 12.5. The fraction of sp³-hybridized carbons (Fsp3) is 0.333. The molecule has 0 bridgehead atoms. The van der Waals surface area contributed by atoms with Crippen molar-refractivity contribution in [1.82, 2.24) is 4.31 Å². The van der Waals surface area contributed by atoms with Crippen molar-refractivity contribution in [3.05, 3.63) is 57.8 Å². The van der Waals surface area contributed by atoms with Crippen LogP contribution in [0.1, 0.15) is 22.9 Å². The number of thiophene rings is 1. The highest BCUT2D eigenvalue weighted by molar-refractivity contribution is 7.88. The molecule has 114 valence electrons. The summed E-state index contributed by atoms with van der Waals surface area (Å²) in [6, 6.07) is 11.3. The first-order valence-corrected chi connectivity index (χ1v) is 9.71. The van der Waals surface area contributed by atoms with E-state index in [0.717, 1.165) is 16.0 Å². The first kappa shape index (κ1) is 16.5. The normalized spacial score (nSPS) is 12.0. The van der Waals surface area contributed by atoms with Gasteiger partial charge in [0.05, 0.1) is 5.75 Å². The zero-order valence-electron chi connectivity index (χ0n) is 11.8. The molecule has 21 heavy (non-hydrogen) atoms. The first-order chi connectivity index (χ1) is 10.0. The van der Waals surface area contributed by atoms with E-state index >= 15 is 0 Å². The van der Waals surface area contributed by atoms with E-state index in [9.17, 15) is 8.42 Å². The summed E-state index contributed by atoms with van der Waals surface area (Å²) >= 11 is 7.31. The van der Waals surface area contributed by atoms with Crippen molar-refractivity contribution in [3.63, 3.8) is 0 Å². The van der Waals surface area contributed by atoms with E-state index in [2.05, 4.69) is 0 Å². The van der Waals surface area contributed by atoms with Crippen LogP contribution >= 0.6 is 22.9 Å². The molecule has 6 heteroatoms. The predicted molar refractivity (Wildman–Crippen MR) is 89.0 cm³/mol. The van der Waals surface area contributed by atoms with Crippen molar-refractivity contribution in [1.29, 1.82) is 0 Å². The Bertz CT molecular complexity index is 651. The lowest BCUT2D eigenvalue weighted by Crippen LogP contribution is -2.31. The van der Waals surface area contributed by atoms with Crippen molar-refractivity contribution in [2.75, 3.05) is 6.54 Å². The quantitative estimate of drug-likeness (QED) is 0.716. The molecule has 2 rings (SSSR count). The number of rotatable bonds is 7. The summed E-state index contributed by atoms with van der Waals surface area (Å²) in [6.07, 6.45) is 0. The lowest BCUT2D eigenvalue weighted by Gasteiger charge is -2.19. The van der Waals surface area contributed by atoms with E-state index in [1.807, 2.05) is 48.7 Å². The first-order valence-electron chi connectivity index (χ1n) is 6.69. The van der Waals surface area contributed by atoms with Crippen molar-refractivity contribution in [3.8, 4) is 0 Å². The third kappa shape index (κ3) is 4.54. The minimum absolute atomic E-state index is 0.0226. The third-order valence-corrected chi connectivity index (χ3v) is 6.23. The van der Waals surface area contributed by atoms with Crippen LogP contribution in [-0.4, -0.2) is 19.3 Å². The molecule has 0 aliphatic heterocycles. The largest absolute Gasteiger partial charge is 0.218 e. The van der Waals surface area contributed by atoms with Gasteiger partial charge in [-0.05, 0) is 22.6 Å². The van der Waals surface area contributed by atoms with E-state index in [1.165, 1.54) is 4.31 Å². The van der Waals surface area contributed by atoms with Crippen LogP contribution in [0.2, 0.25) is 0 Å². The molecular weight excluding hydrogens is 326 g/mol. The van der Waals surface area contributed by atoms with Crippen LogP contribution in [0.3, 0.4) is 0 Å². The van der Waals surface area contributed by atoms with Gasteiger partial charge in [0.25, 0.3) is 0 Å². The Morgan fingerprint density at radius 2 is 1.81 bits per heavy atom. The highest BCUT2D eigenvalue weighted by Gasteiger charge is 2.21. The molecule has 0 radical (unpaired) electrons. The van der Waals surface area contributed by atoms with Crippen LogP contribution in [0.4, 0.5) is 0 Å². The Morgan fingerprint density at radius 3 is 2.33 bits per heavy atom. The maximum atomic E-state index is 12.5. The average molecular weight is 344 g/mol. The molecule has 0 fully saturated rings. The van der Waals surface area contributed by atoms with Gasteiger partial charge in [0, 0.05) is 23.8 Å². The molecular formula is C15H18ClNO2S2. The van der Waals surface area contributed by atoms with Crippen LogP contribution in [0.5, 0.6) is 0 Å². The molecule has 0 atom stereocenters. The monoisotopic (exact) mass is 343 g/mol. The number of hydrogen-bond acceptors (Lipinski definition) is 3. The van der Waals surface area contributed by atoms with E-state index in [1.54, 1.807) is 11.3 Å². The van der Waals surface area contributed by atoms with Crippen molar-refractivity contribution >= 4 is 33.0 Å². The van der Waals surface area contributed by atoms with Crippen molar-refractivity contribution in [2.45, 2.75) is 25.1 Å². The standard InChI is InChI=1S/C15H18ClNO2S2/c1-2-17(11-15-4-3-9-20-15)21(18,19)12-14-7-5-13(10-16)6-8-14/h3-9H,2,10-12H2,1H3. The molecule has 0 aliphatic carbocycles. The van der Waals surface area contributed by atoms with Gasteiger partial charge in [0.1, 0.15) is 0 Å². The molecule has 0 amide bonds. The predicted octanol–water partition coefficient (Wildman–Crippen LogP) is 3.84. The van der Waals surface area contributed by atoms with E-state index < -0.39 is 10.0 Å². The molecule has 0 spiro atoms. The highest BCUT2D eigenvalue weighted by atomic mass is 35.5. The Hall–Kier alpha value is -0.880. The maximum Gasteiger partial charge on any atom is 0.218 e. The van der Waals surface area contributed by atoms with E-state index in [0.29, 0.717) is 19.0 Å². The van der Waals surface area contributed by atoms with Crippen LogP contribution in [0.15, 0.2) is 41.8 Å². The molecule has 0 aliphatic rings.